The predicted octanol–water partition coefficient (Wildman–Crippen LogP) is 4.48. The Bertz CT molecular complexity index is 757. The van der Waals surface area contributed by atoms with Crippen LogP contribution in [-0.4, -0.2) is 69.5 Å². The van der Waals surface area contributed by atoms with Crippen LogP contribution >= 0.6 is 0 Å². The quantitative estimate of drug-likeness (QED) is 0.203. The fraction of sp³-hybridized carbons (Fsp3) is 1.00. The second-order valence-corrected chi connectivity index (χ2v) is 14.3. The van der Waals surface area contributed by atoms with E-state index in [-0.39, 0.29) is 18.1 Å². The number of rotatable bonds is 16. The molecule has 234 valence electrons. The smallest absolute Gasteiger partial charge is 0.0637 e. The molecule has 0 aromatic heterocycles. The Balaban J connectivity index is 1.64. The molecule has 4 aliphatic rings. The molecule has 0 radical (unpaired) electrons. The van der Waals surface area contributed by atoms with Gasteiger partial charge in [0.2, 0.25) is 0 Å². The number of ether oxygens (including phenoxy) is 3. The van der Waals surface area contributed by atoms with Crippen molar-refractivity contribution in [1.29, 1.82) is 0 Å². The summed E-state index contributed by atoms with van der Waals surface area (Å²) < 4.78 is 20.1. The van der Waals surface area contributed by atoms with E-state index in [1.165, 1.54) is 19.3 Å². The van der Waals surface area contributed by atoms with Crippen molar-refractivity contribution >= 4 is 0 Å². The molecule has 0 aromatic carbocycles. The summed E-state index contributed by atoms with van der Waals surface area (Å²) in [5.41, 5.74) is 18.0. The van der Waals surface area contributed by atoms with E-state index < -0.39 is 0 Å². The number of hydrogen-bond acceptors (Lipinski definition) is 7. The zero-order valence-corrected chi connectivity index (χ0v) is 26.0. The Morgan fingerprint density at radius 2 is 1.48 bits per heavy atom. The molecule has 0 bridgehead atoms. The van der Waals surface area contributed by atoms with Gasteiger partial charge in [-0.25, -0.2) is 0 Å². The minimum Gasteiger partial charge on any atom is -0.396 e. The number of nitrogens with two attached hydrogens (primary N) is 3. The Kier molecular flexibility index (Phi) is 12.2. The lowest BCUT2D eigenvalue weighted by Crippen LogP contribution is -2.63. The van der Waals surface area contributed by atoms with Crippen LogP contribution in [-0.2, 0) is 14.2 Å². The third kappa shape index (κ3) is 6.61. The average Bonchev–Trinajstić information content (AvgIpc) is 3.31. The number of fused-ring (bicyclic) bond motifs is 5. The lowest BCUT2D eigenvalue weighted by atomic mass is 9.43. The molecule has 0 saturated heterocycles. The molecule has 7 nitrogen and oxygen atoms in total. The van der Waals surface area contributed by atoms with E-state index in [0.29, 0.717) is 72.8 Å². The lowest BCUT2D eigenvalue weighted by molar-refractivity contribution is -0.227. The van der Waals surface area contributed by atoms with Gasteiger partial charge in [0.1, 0.15) is 0 Å². The first-order chi connectivity index (χ1) is 19.3. The summed E-state index contributed by atoms with van der Waals surface area (Å²) in [6, 6.07) is 0. The molecule has 7 N–H and O–H groups in total. The molecule has 0 aromatic rings. The third-order valence-electron chi connectivity index (χ3n) is 12.3. The van der Waals surface area contributed by atoms with Crippen molar-refractivity contribution in [3.63, 3.8) is 0 Å². The van der Waals surface area contributed by atoms with Crippen molar-refractivity contribution in [2.24, 2.45) is 63.5 Å². The summed E-state index contributed by atoms with van der Waals surface area (Å²) in [6.07, 6.45) is 14.0. The van der Waals surface area contributed by atoms with Gasteiger partial charge in [-0.1, -0.05) is 20.8 Å². The number of hydrogen-bond donors (Lipinski definition) is 4. The zero-order valence-electron chi connectivity index (χ0n) is 26.0. The summed E-state index contributed by atoms with van der Waals surface area (Å²) in [5.74, 6) is 3.60. The topological polar surface area (TPSA) is 126 Å². The van der Waals surface area contributed by atoms with Crippen LogP contribution in [0.15, 0.2) is 0 Å². The second kappa shape index (κ2) is 14.9. The van der Waals surface area contributed by atoms with Crippen molar-refractivity contribution in [3.05, 3.63) is 0 Å². The molecule has 0 spiro atoms. The zero-order chi connectivity index (χ0) is 28.8. The normalized spacial score (nSPS) is 41.8. The maximum absolute atomic E-state index is 9.58. The van der Waals surface area contributed by atoms with Gasteiger partial charge in [-0.15, -0.1) is 0 Å². The summed E-state index contributed by atoms with van der Waals surface area (Å²) in [7, 11) is 0. The summed E-state index contributed by atoms with van der Waals surface area (Å²) in [4.78, 5) is 0. The molecular weight excluding hydrogens is 502 g/mol. The molecule has 4 saturated carbocycles. The van der Waals surface area contributed by atoms with Crippen molar-refractivity contribution in [3.8, 4) is 0 Å². The van der Waals surface area contributed by atoms with E-state index in [9.17, 15) is 5.11 Å². The largest absolute Gasteiger partial charge is 0.396 e. The monoisotopic (exact) mass is 565 g/mol. The fourth-order valence-electron chi connectivity index (χ4n) is 10.2. The van der Waals surface area contributed by atoms with Gasteiger partial charge in [0, 0.05) is 31.8 Å². The number of aliphatic hydroxyl groups excluding tert-OH is 1. The van der Waals surface area contributed by atoms with Gasteiger partial charge in [0.15, 0.2) is 0 Å². The minimum atomic E-state index is 0.131. The van der Waals surface area contributed by atoms with E-state index in [1.807, 2.05) is 0 Å². The molecule has 4 aliphatic carbocycles. The SMILES string of the molecule is C[C@H](CCCO)[C@H]1CC[C@H]2[C@@H]3[C@H](OCCCN)C[C@@H]4C[C@H](OCCCN)CC[C@]4(C)[C@H]3CC(OCCCN)[C@]12C. The Hall–Kier alpha value is -0.280. The molecule has 0 amide bonds. The van der Waals surface area contributed by atoms with Crippen LogP contribution in [0.3, 0.4) is 0 Å². The molecule has 40 heavy (non-hydrogen) atoms. The third-order valence-corrected chi connectivity index (χ3v) is 12.3. The molecule has 11 atom stereocenters. The van der Waals surface area contributed by atoms with E-state index >= 15 is 0 Å². The second-order valence-electron chi connectivity index (χ2n) is 14.3. The molecule has 4 rings (SSSR count). The summed E-state index contributed by atoms with van der Waals surface area (Å²) >= 11 is 0. The average molecular weight is 566 g/mol. The first-order valence-corrected chi connectivity index (χ1v) is 16.9. The molecule has 0 aliphatic heterocycles. The highest BCUT2D eigenvalue weighted by atomic mass is 16.5. The van der Waals surface area contributed by atoms with E-state index in [4.69, 9.17) is 31.4 Å². The molecule has 1 unspecified atom stereocenters. The maximum atomic E-state index is 9.58. The lowest BCUT2D eigenvalue weighted by Gasteiger charge is -2.65. The van der Waals surface area contributed by atoms with Crippen molar-refractivity contribution in [2.45, 2.75) is 116 Å². The Labute approximate surface area is 245 Å². The van der Waals surface area contributed by atoms with Gasteiger partial charge in [-0.3, -0.25) is 0 Å². The molecule has 7 heteroatoms. The first kappa shape index (κ1) is 32.6. The van der Waals surface area contributed by atoms with Gasteiger partial charge in [-0.2, -0.15) is 0 Å². The fourth-order valence-corrected chi connectivity index (χ4v) is 10.2. The van der Waals surface area contributed by atoms with Gasteiger partial charge < -0.3 is 36.5 Å². The van der Waals surface area contributed by atoms with Crippen LogP contribution < -0.4 is 17.2 Å². The van der Waals surface area contributed by atoms with E-state index in [0.717, 1.165) is 77.6 Å². The highest BCUT2D eigenvalue weighted by molar-refractivity contribution is 5.15. The minimum absolute atomic E-state index is 0.131. The predicted molar refractivity (Wildman–Crippen MR) is 162 cm³/mol. The molecule has 4 fully saturated rings. The van der Waals surface area contributed by atoms with Crippen molar-refractivity contribution < 1.29 is 19.3 Å². The first-order valence-electron chi connectivity index (χ1n) is 16.9. The van der Waals surface area contributed by atoms with Crippen molar-refractivity contribution in [1.82, 2.24) is 0 Å². The standard InChI is InChI=1S/C33H63N3O4/c1-23(8-4-16-37)26-9-10-27-31-28(22-30(33(26,27)3)40-19-7-15-36)32(2)12-11-25(38-17-5-13-34)20-24(32)21-29(31)39-18-6-14-35/h23-31,37H,4-22,34-36H2,1-3H3/t23-,24+,25-,26-,27+,28+,29-,30?,31+,32+,33-/m1/s1. The van der Waals surface area contributed by atoms with Crippen LogP contribution in [0.25, 0.3) is 0 Å². The highest BCUT2D eigenvalue weighted by Crippen LogP contribution is 2.69. The van der Waals surface area contributed by atoms with Gasteiger partial charge in [0.25, 0.3) is 0 Å². The Morgan fingerprint density at radius 1 is 0.800 bits per heavy atom. The van der Waals surface area contributed by atoms with Gasteiger partial charge >= 0.3 is 0 Å². The Morgan fingerprint density at radius 3 is 2.15 bits per heavy atom. The van der Waals surface area contributed by atoms with Crippen molar-refractivity contribution in [2.75, 3.05) is 46.1 Å². The van der Waals surface area contributed by atoms with Crippen LogP contribution in [0.5, 0.6) is 0 Å². The highest BCUT2D eigenvalue weighted by Gasteiger charge is 2.66. The van der Waals surface area contributed by atoms with E-state index in [2.05, 4.69) is 20.8 Å². The van der Waals surface area contributed by atoms with Crippen LogP contribution in [0.2, 0.25) is 0 Å². The van der Waals surface area contributed by atoms with E-state index in [1.54, 1.807) is 0 Å². The summed E-state index contributed by atoms with van der Waals surface area (Å²) in [5, 5.41) is 9.58. The van der Waals surface area contributed by atoms with Gasteiger partial charge in [-0.05, 0) is 138 Å². The van der Waals surface area contributed by atoms with Crippen LogP contribution in [0, 0.1) is 46.3 Å². The van der Waals surface area contributed by atoms with Crippen LogP contribution in [0.4, 0.5) is 0 Å². The maximum Gasteiger partial charge on any atom is 0.0637 e. The number of aliphatic hydroxyl groups is 1. The van der Waals surface area contributed by atoms with Gasteiger partial charge in [0.05, 0.1) is 18.3 Å². The van der Waals surface area contributed by atoms with Crippen LogP contribution in [0.1, 0.15) is 97.8 Å². The molecular formula is C33H63N3O4. The molecule has 0 heterocycles. The summed E-state index contributed by atoms with van der Waals surface area (Å²) in [6.45, 7) is 12.2.